The number of esters is 1. The summed E-state index contributed by atoms with van der Waals surface area (Å²) in [5, 5.41) is 10.2. The van der Waals surface area contributed by atoms with E-state index in [9.17, 15) is 14.7 Å². The highest BCUT2D eigenvalue weighted by Crippen LogP contribution is 2.72. The van der Waals surface area contributed by atoms with Crippen LogP contribution in [0.4, 0.5) is 0 Å². The average molecular weight is 449 g/mol. The van der Waals surface area contributed by atoms with Gasteiger partial charge in [0.2, 0.25) is 0 Å². The van der Waals surface area contributed by atoms with Gasteiger partial charge in [0.25, 0.3) is 0 Å². The lowest BCUT2D eigenvalue weighted by Crippen LogP contribution is -2.60. The first-order valence-electron chi connectivity index (χ1n) is 12.6. The van der Waals surface area contributed by atoms with Crippen molar-refractivity contribution in [1.82, 2.24) is 0 Å². The number of ether oxygens (including phenoxy) is 1. The summed E-state index contributed by atoms with van der Waals surface area (Å²) < 4.78 is 6.20. The lowest BCUT2D eigenvalue weighted by molar-refractivity contribution is -0.195. The summed E-state index contributed by atoms with van der Waals surface area (Å²) in [6.45, 7) is 8.74. The molecule has 1 spiro atoms. The Morgan fingerprint density at radius 2 is 1.82 bits per heavy atom. The molecule has 0 heterocycles. The van der Waals surface area contributed by atoms with E-state index in [2.05, 4.69) is 13.5 Å². The van der Waals surface area contributed by atoms with Gasteiger partial charge < -0.3 is 9.84 Å². The van der Waals surface area contributed by atoms with Crippen LogP contribution >= 0.6 is 0 Å². The molecule has 1 aromatic carbocycles. The summed E-state index contributed by atoms with van der Waals surface area (Å²) in [7, 11) is 0. The minimum atomic E-state index is -0.661. The van der Waals surface area contributed by atoms with Crippen molar-refractivity contribution in [2.45, 2.75) is 71.3 Å². The zero-order valence-electron chi connectivity index (χ0n) is 19.9. The fraction of sp³-hybridized carbons (Fsp3) is 0.586. The van der Waals surface area contributed by atoms with Crippen LogP contribution in [0.25, 0.3) is 6.08 Å². The highest BCUT2D eigenvalue weighted by atomic mass is 16.5. The summed E-state index contributed by atoms with van der Waals surface area (Å²) in [6, 6.07) is 9.78. The lowest BCUT2D eigenvalue weighted by Gasteiger charge is -2.63. The Morgan fingerprint density at radius 3 is 2.55 bits per heavy atom. The number of carboxylic acid groups (broad SMARTS) is 1. The van der Waals surface area contributed by atoms with Crippen molar-refractivity contribution >= 4 is 18.0 Å². The van der Waals surface area contributed by atoms with Crippen LogP contribution in [0.15, 0.2) is 48.6 Å². The maximum absolute atomic E-state index is 12.9. The number of aliphatic carboxylic acids is 1. The Labute approximate surface area is 197 Å². The summed E-state index contributed by atoms with van der Waals surface area (Å²) >= 11 is 0. The predicted molar refractivity (Wildman–Crippen MR) is 128 cm³/mol. The van der Waals surface area contributed by atoms with Gasteiger partial charge in [0.05, 0.1) is 5.41 Å². The van der Waals surface area contributed by atoms with Crippen LogP contribution in [0.5, 0.6) is 0 Å². The molecule has 4 saturated carbocycles. The van der Waals surface area contributed by atoms with Crippen molar-refractivity contribution in [3.05, 3.63) is 54.1 Å². The third kappa shape index (κ3) is 3.32. The molecule has 1 aromatic rings. The normalized spacial score (nSPS) is 41.9. The molecule has 7 atom stereocenters. The maximum Gasteiger partial charge on any atom is 0.331 e. The standard InChI is InChI=1S/C29H36O4/c1-19-21-11-12-23-27(2)15-7-16-28(3,26(31)32)22(27)14-17-29(23,18-21)25(19)33-24(30)13-10-20-8-5-4-6-9-20/h4-6,8-10,13,21-23,25H,1,7,11-12,14-18H2,2-3H3,(H,31,32)/b13-10+/t21-,22?,23?,25-,27+,28+,29+/m0/s1. The van der Waals surface area contributed by atoms with Crippen LogP contribution < -0.4 is 0 Å². The third-order valence-corrected chi connectivity index (χ3v) is 10.1. The molecule has 4 heteroatoms. The van der Waals surface area contributed by atoms with Gasteiger partial charge in [-0.15, -0.1) is 0 Å². The molecular weight excluding hydrogens is 412 g/mol. The number of carboxylic acids is 1. The Balaban J connectivity index is 1.44. The van der Waals surface area contributed by atoms with E-state index in [1.165, 1.54) is 6.08 Å². The molecule has 0 amide bonds. The number of benzene rings is 1. The highest BCUT2D eigenvalue weighted by Gasteiger charge is 2.68. The second kappa shape index (κ2) is 7.85. The Morgan fingerprint density at radius 1 is 1.06 bits per heavy atom. The molecule has 176 valence electrons. The van der Waals surface area contributed by atoms with Gasteiger partial charge in [0, 0.05) is 11.5 Å². The van der Waals surface area contributed by atoms with Crippen LogP contribution in [0.2, 0.25) is 0 Å². The van der Waals surface area contributed by atoms with Gasteiger partial charge in [-0.3, -0.25) is 4.79 Å². The number of carbonyl (C=O) groups is 2. The van der Waals surface area contributed by atoms with E-state index in [1.807, 2.05) is 37.3 Å². The maximum atomic E-state index is 12.9. The zero-order chi connectivity index (χ0) is 23.4. The van der Waals surface area contributed by atoms with Gasteiger partial charge in [0.15, 0.2) is 0 Å². The molecule has 0 aliphatic heterocycles. The number of carbonyl (C=O) groups excluding carboxylic acids is 1. The summed E-state index contributed by atoms with van der Waals surface area (Å²) in [5.74, 6) is -0.00242. The Bertz CT molecular complexity index is 996. The summed E-state index contributed by atoms with van der Waals surface area (Å²) in [6.07, 6.45) is 10.9. The molecule has 2 unspecified atom stereocenters. The molecule has 4 aliphatic carbocycles. The van der Waals surface area contributed by atoms with Crippen LogP contribution in [-0.2, 0) is 14.3 Å². The molecule has 4 fully saturated rings. The fourth-order valence-corrected chi connectivity index (χ4v) is 8.67. The first-order chi connectivity index (χ1) is 15.7. The molecule has 4 nitrogen and oxygen atoms in total. The molecule has 0 radical (unpaired) electrons. The van der Waals surface area contributed by atoms with Gasteiger partial charge in [-0.1, -0.05) is 50.3 Å². The minimum Gasteiger partial charge on any atom is -0.481 e. The molecule has 1 N–H and O–H groups in total. The van der Waals surface area contributed by atoms with E-state index in [4.69, 9.17) is 4.74 Å². The topological polar surface area (TPSA) is 63.6 Å². The molecule has 33 heavy (non-hydrogen) atoms. The second-order valence-electron chi connectivity index (χ2n) is 11.6. The van der Waals surface area contributed by atoms with Crippen molar-refractivity contribution in [2.24, 2.45) is 34.0 Å². The molecule has 2 bridgehead atoms. The van der Waals surface area contributed by atoms with Gasteiger partial charge >= 0.3 is 11.9 Å². The molecular formula is C29H36O4. The number of fused-ring (bicyclic) bond motifs is 3. The highest BCUT2D eigenvalue weighted by molar-refractivity contribution is 5.87. The van der Waals surface area contributed by atoms with Gasteiger partial charge in [0.1, 0.15) is 6.10 Å². The lowest BCUT2D eigenvalue weighted by atomic mass is 9.40. The smallest absolute Gasteiger partial charge is 0.331 e. The van der Waals surface area contributed by atoms with Crippen LogP contribution in [-0.4, -0.2) is 23.1 Å². The number of rotatable bonds is 4. The molecule has 0 saturated heterocycles. The van der Waals surface area contributed by atoms with Crippen LogP contribution in [0.1, 0.15) is 70.8 Å². The van der Waals surface area contributed by atoms with E-state index in [1.54, 1.807) is 6.08 Å². The molecule has 0 aromatic heterocycles. The van der Waals surface area contributed by atoms with Crippen molar-refractivity contribution in [3.63, 3.8) is 0 Å². The first-order valence-corrected chi connectivity index (χ1v) is 12.6. The quantitative estimate of drug-likeness (QED) is 0.335. The van der Waals surface area contributed by atoms with Crippen molar-refractivity contribution in [3.8, 4) is 0 Å². The van der Waals surface area contributed by atoms with Crippen molar-refractivity contribution in [2.75, 3.05) is 0 Å². The van der Waals surface area contributed by atoms with Crippen LogP contribution in [0, 0.1) is 34.0 Å². The van der Waals surface area contributed by atoms with E-state index >= 15 is 0 Å². The molecule has 4 aliphatic rings. The predicted octanol–water partition coefficient (Wildman–Crippen LogP) is 6.28. The Hall–Kier alpha value is -2.36. The van der Waals surface area contributed by atoms with E-state index < -0.39 is 11.4 Å². The first kappa shape index (κ1) is 22.4. The number of hydrogen-bond donors (Lipinski definition) is 1. The largest absolute Gasteiger partial charge is 0.481 e. The SMILES string of the molecule is C=C1[C@H]2CCC3[C@]4(C)CCC[C@@](C)(C(=O)O)C4CC[C@]3(C2)[C@H]1OC(=O)/C=C/c1ccccc1. The third-order valence-electron chi connectivity index (χ3n) is 10.1. The van der Waals surface area contributed by atoms with E-state index in [0.717, 1.165) is 62.5 Å². The Kier molecular flexibility index (Phi) is 5.34. The van der Waals surface area contributed by atoms with Crippen molar-refractivity contribution < 1.29 is 19.4 Å². The summed E-state index contributed by atoms with van der Waals surface area (Å²) in [5.41, 5.74) is 1.25. The summed E-state index contributed by atoms with van der Waals surface area (Å²) in [4.78, 5) is 25.3. The number of hydrogen-bond acceptors (Lipinski definition) is 3. The zero-order valence-corrected chi connectivity index (χ0v) is 19.9. The minimum absolute atomic E-state index is 0.0379. The average Bonchev–Trinajstić information content (AvgIpc) is 2.98. The second-order valence-corrected chi connectivity index (χ2v) is 11.6. The fourth-order valence-electron chi connectivity index (χ4n) is 8.67. The molecule has 5 rings (SSSR count). The van der Waals surface area contributed by atoms with E-state index in [0.29, 0.717) is 11.8 Å². The van der Waals surface area contributed by atoms with Gasteiger partial charge in [-0.25, -0.2) is 4.79 Å². The van der Waals surface area contributed by atoms with Gasteiger partial charge in [-0.2, -0.15) is 0 Å². The monoisotopic (exact) mass is 448 g/mol. The van der Waals surface area contributed by atoms with Crippen molar-refractivity contribution in [1.29, 1.82) is 0 Å². The van der Waals surface area contributed by atoms with E-state index in [-0.39, 0.29) is 28.8 Å². The van der Waals surface area contributed by atoms with Gasteiger partial charge in [-0.05, 0) is 92.3 Å². The van der Waals surface area contributed by atoms with Crippen LogP contribution in [0.3, 0.4) is 0 Å².